The Morgan fingerprint density at radius 2 is 2.24 bits per heavy atom. The molecule has 8 nitrogen and oxygen atoms in total. The van der Waals surface area contributed by atoms with E-state index < -0.39 is 6.23 Å². The third kappa shape index (κ3) is 2.34. The zero-order valence-electron chi connectivity index (χ0n) is 12.2. The Bertz CT molecular complexity index is 708. The third-order valence-corrected chi connectivity index (χ3v) is 3.79. The van der Waals surface area contributed by atoms with Gasteiger partial charge in [0.15, 0.2) is 11.7 Å². The Morgan fingerprint density at radius 1 is 1.43 bits per heavy atom. The lowest BCUT2D eigenvalue weighted by Gasteiger charge is -2.12. The van der Waals surface area contributed by atoms with Crippen molar-refractivity contribution in [2.45, 2.75) is 44.9 Å². The number of ether oxygens (including phenoxy) is 1. The first-order chi connectivity index (χ1) is 10.2. The minimum atomic E-state index is -0.462. The van der Waals surface area contributed by atoms with Crippen molar-refractivity contribution in [2.75, 3.05) is 6.61 Å². The topological polar surface area (TPSA) is 95.1 Å². The van der Waals surface area contributed by atoms with Crippen molar-refractivity contribution in [1.29, 1.82) is 0 Å². The summed E-state index contributed by atoms with van der Waals surface area (Å²) < 4.78 is 8.42. The normalized spacial score (nSPS) is 22.2. The van der Waals surface area contributed by atoms with Crippen molar-refractivity contribution in [1.82, 2.24) is 24.8 Å². The summed E-state index contributed by atoms with van der Waals surface area (Å²) in [6.45, 7) is 2.00. The summed E-state index contributed by atoms with van der Waals surface area (Å²) in [5.74, 6) is 0. The molecule has 0 radical (unpaired) electrons. The van der Waals surface area contributed by atoms with Gasteiger partial charge in [-0.1, -0.05) is 18.6 Å². The lowest BCUT2D eigenvalue weighted by molar-refractivity contribution is -0.0315. The molecule has 1 N–H and O–H groups in total. The molecule has 0 aromatic carbocycles. The SMILES string of the molecule is CCCc1nn(C)c2c(=O)n(C3CCC(CO)O3)nnc12. The fourth-order valence-corrected chi connectivity index (χ4v) is 2.75. The van der Waals surface area contributed by atoms with Crippen LogP contribution in [0, 0.1) is 0 Å². The van der Waals surface area contributed by atoms with Crippen LogP contribution in [0.25, 0.3) is 11.0 Å². The molecule has 3 rings (SSSR count). The Kier molecular flexibility index (Phi) is 3.73. The maximum Gasteiger partial charge on any atom is 0.298 e. The summed E-state index contributed by atoms with van der Waals surface area (Å²) in [7, 11) is 1.74. The number of hydrogen-bond acceptors (Lipinski definition) is 6. The summed E-state index contributed by atoms with van der Waals surface area (Å²) >= 11 is 0. The van der Waals surface area contributed by atoms with Gasteiger partial charge in [-0.15, -0.1) is 5.10 Å². The number of fused-ring (bicyclic) bond motifs is 1. The molecule has 2 atom stereocenters. The van der Waals surface area contributed by atoms with E-state index in [1.165, 1.54) is 4.68 Å². The van der Waals surface area contributed by atoms with Crippen LogP contribution in [0.15, 0.2) is 4.79 Å². The molecule has 0 aliphatic carbocycles. The molecule has 114 valence electrons. The average molecular weight is 293 g/mol. The van der Waals surface area contributed by atoms with Gasteiger partial charge in [0.2, 0.25) is 0 Å². The van der Waals surface area contributed by atoms with Crippen molar-refractivity contribution >= 4 is 11.0 Å². The quantitative estimate of drug-likeness (QED) is 0.862. The monoisotopic (exact) mass is 293 g/mol. The maximum absolute atomic E-state index is 12.6. The smallest absolute Gasteiger partial charge is 0.298 e. The molecule has 1 aliphatic heterocycles. The van der Waals surface area contributed by atoms with Crippen LogP contribution in [0.4, 0.5) is 0 Å². The summed E-state index contributed by atoms with van der Waals surface area (Å²) in [6, 6.07) is 0. The third-order valence-electron chi connectivity index (χ3n) is 3.79. The highest BCUT2D eigenvalue weighted by atomic mass is 16.5. The van der Waals surface area contributed by atoms with Crippen LogP contribution in [0.5, 0.6) is 0 Å². The molecule has 2 unspecified atom stereocenters. The van der Waals surface area contributed by atoms with Crippen LogP contribution in [-0.2, 0) is 18.2 Å². The van der Waals surface area contributed by atoms with Gasteiger partial charge in [0, 0.05) is 7.05 Å². The van der Waals surface area contributed by atoms with Crippen LogP contribution >= 0.6 is 0 Å². The van der Waals surface area contributed by atoms with Crippen molar-refractivity contribution in [3.8, 4) is 0 Å². The van der Waals surface area contributed by atoms with E-state index in [2.05, 4.69) is 22.3 Å². The summed E-state index contributed by atoms with van der Waals surface area (Å²) in [5.41, 5.74) is 1.56. The molecule has 1 saturated heterocycles. The van der Waals surface area contributed by atoms with Gasteiger partial charge >= 0.3 is 0 Å². The van der Waals surface area contributed by atoms with Gasteiger partial charge in [0.05, 0.1) is 18.4 Å². The predicted octanol–water partition coefficient (Wildman–Crippen LogP) is 0.147. The average Bonchev–Trinajstić information content (AvgIpc) is 3.06. The highest BCUT2D eigenvalue weighted by molar-refractivity contribution is 5.75. The second-order valence-electron chi connectivity index (χ2n) is 5.33. The van der Waals surface area contributed by atoms with Crippen LogP contribution < -0.4 is 5.56 Å². The summed E-state index contributed by atoms with van der Waals surface area (Å²) in [5, 5.41) is 21.6. The number of nitrogens with zero attached hydrogens (tertiary/aromatic N) is 5. The molecule has 1 fully saturated rings. The fourth-order valence-electron chi connectivity index (χ4n) is 2.75. The first kappa shape index (κ1) is 14.2. The van der Waals surface area contributed by atoms with Crippen molar-refractivity contribution in [2.24, 2.45) is 7.05 Å². The summed E-state index contributed by atoms with van der Waals surface area (Å²) in [6.07, 6.45) is 2.35. The Balaban J connectivity index is 2.05. The highest BCUT2D eigenvalue weighted by Crippen LogP contribution is 2.26. The van der Waals surface area contributed by atoms with E-state index >= 15 is 0 Å². The molecule has 8 heteroatoms. The predicted molar refractivity (Wildman–Crippen MR) is 74.8 cm³/mol. The van der Waals surface area contributed by atoms with Crippen LogP contribution in [0.1, 0.15) is 38.1 Å². The van der Waals surface area contributed by atoms with Crippen molar-refractivity contribution < 1.29 is 9.84 Å². The van der Waals surface area contributed by atoms with E-state index in [1.54, 1.807) is 11.7 Å². The van der Waals surface area contributed by atoms with Crippen molar-refractivity contribution in [3.05, 3.63) is 16.0 Å². The number of rotatable bonds is 4. The number of aliphatic hydroxyl groups is 1. The molecule has 3 heterocycles. The van der Waals surface area contributed by atoms with E-state index in [9.17, 15) is 4.79 Å². The van der Waals surface area contributed by atoms with Crippen molar-refractivity contribution in [3.63, 3.8) is 0 Å². The minimum Gasteiger partial charge on any atom is -0.394 e. The molecule has 0 spiro atoms. The molecule has 21 heavy (non-hydrogen) atoms. The van der Waals surface area contributed by atoms with Gasteiger partial charge in [-0.2, -0.15) is 9.78 Å². The van der Waals surface area contributed by atoms with Gasteiger partial charge in [-0.3, -0.25) is 9.48 Å². The lowest BCUT2D eigenvalue weighted by atomic mass is 10.2. The van der Waals surface area contributed by atoms with Gasteiger partial charge in [-0.25, -0.2) is 0 Å². The van der Waals surface area contributed by atoms with E-state index in [0.29, 0.717) is 23.9 Å². The minimum absolute atomic E-state index is 0.0483. The standard InChI is InChI=1S/C13H19N5O3/c1-3-4-9-11-12(17(2)15-9)13(20)18(16-14-11)10-6-5-8(7-19)21-10/h8,10,19H,3-7H2,1-2H3. The molecular formula is C13H19N5O3. The first-order valence-electron chi connectivity index (χ1n) is 7.23. The van der Waals surface area contributed by atoms with Crippen LogP contribution in [-0.4, -0.2) is 42.6 Å². The Labute approximate surface area is 121 Å². The van der Waals surface area contributed by atoms with Gasteiger partial charge in [0.25, 0.3) is 5.56 Å². The zero-order chi connectivity index (χ0) is 15.0. The second-order valence-corrected chi connectivity index (χ2v) is 5.33. The Hall–Kier alpha value is -1.80. The maximum atomic E-state index is 12.6. The van der Waals surface area contributed by atoms with Gasteiger partial charge < -0.3 is 9.84 Å². The molecule has 0 bridgehead atoms. The zero-order valence-corrected chi connectivity index (χ0v) is 12.2. The number of aliphatic hydroxyl groups excluding tert-OH is 1. The van der Waals surface area contributed by atoms with Gasteiger partial charge in [0.1, 0.15) is 5.52 Å². The largest absolute Gasteiger partial charge is 0.394 e. The lowest BCUT2D eigenvalue weighted by Crippen LogP contribution is -2.30. The molecular weight excluding hydrogens is 274 g/mol. The number of aromatic nitrogens is 5. The molecule has 0 amide bonds. The van der Waals surface area contributed by atoms with E-state index in [-0.39, 0.29) is 18.3 Å². The fraction of sp³-hybridized carbons (Fsp3) is 0.692. The summed E-state index contributed by atoms with van der Waals surface area (Å²) in [4.78, 5) is 12.6. The molecule has 1 aliphatic rings. The van der Waals surface area contributed by atoms with E-state index in [4.69, 9.17) is 9.84 Å². The van der Waals surface area contributed by atoms with E-state index in [1.807, 2.05) is 0 Å². The number of hydrogen-bond donors (Lipinski definition) is 1. The van der Waals surface area contributed by atoms with Crippen LogP contribution in [0.2, 0.25) is 0 Å². The molecule has 2 aromatic heterocycles. The van der Waals surface area contributed by atoms with E-state index in [0.717, 1.165) is 18.5 Å². The van der Waals surface area contributed by atoms with Crippen LogP contribution in [0.3, 0.4) is 0 Å². The molecule has 2 aromatic rings. The Morgan fingerprint density at radius 3 is 2.90 bits per heavy atom. The number of aryl methyl sites for hydroxylation is 2. The second kappa shape index (κ2) is 5.53. The first-order valence-corrected chi connectivity index (χ1v) is 7.23. The van der Waals surface area contributed by atoms with Gasteiger partial charge in [-0.05, 0) is 19.3 Å². The molecule has 0 saturated carbocycles. The highest BCUT2D eigenvalue weighted by Gasteiger charge is 2.29.